The molecule has 0 saturated heterocycles. The van der Waals surface area contributed by atoms with E-state index < -0.39 is 11.8 Å². The van der Waals surface area contributed by atoms with E-state index in [-0.39, 0.29) is 11.8 Å². The average Bonchev–Trinajstić information content (AvgIpc) is 2.64. The number of benzene rings is 2. The summed E-state index contributed by atoms with van der Waals surface area (Å²) < 4.78 is 0. The number of amides is 3. The highest BCUT2D eigenvalue weighted by Crippen LogP contribution is 2.23. The molecule has 3 N–H and O–H groups in total. The summed E-state index contributed by atoms with van der Waals surface area (Å²) in [5.41, 5.74) is 7.76. The van der Waals surface area contributed by atoms with E-state index in [4.69, 9.17) is 17.3 Å². The predicted octanol–water partition coefficient (Wildman–Crippen LogP) is 2.84. The molecule has 0 saturated carbocycles. The quantitative estimate of drug-likeness (QED) is 0.767. The summed E-state index contributed by atoms with van der Waals surface area (Å²) in [5.74, 6) is -1.49. The molecule has 0 radical (unpaired) electrons. The number of nitrogens with two attached hydrogens (primary N) is 1. The van der Waals surface area contributed by atoms with E-state index in [1.54, 1.807) is 36.4 Å². The maximum atomic E-state index is 12.2. The summed E-state index contributed by atoms with van der Waals surface area (Å²) >= 11 is 7.08. The molecule has 0 spiro atoms. The Balaban J connectivity index is 1.78. The van der Waals surface area contributed by atoms with Crippen LogP contribution in [0.4, 0.5) is 10.5 Å². The van der Waals surface area contributed by atoms with Crippen LogP contribution in [0, 0.1) is 0 Å². The first-order valence-corrected chi connectivity index (χ1v) is 9.26. The Morgan fingerprint density at radius 2 is 1.96 bits per heavy atom. The van der Waals surface area contributed by atoms with Crippen LogP contribution < -0.4 is 11.1 Å². The fourth-order valence-corrected chi connectivity index (χ4v) is 3.28. The first-order chi connectivity index (χ1) is 12.9. The van der Waals surface area contributed by atoms with Gasteiger partial charge in [-0.2, -0.15) is 5.10 Å². The van der Waals surface area contributed by atoms with Crippen LogP contribution in [-0.2, 0) is 16.1 Å². The van der Waals surface area contributed by atoms with Gasteiger partial charge < -0.3 is 11.1 Å². The highest BCUT2D eigenvalue weighted by Gasteiger charge is 2.22. The van der Waals surface area contributed by atoms with Gasteiger partial charge >= 0.3 is 17.1 Å². The van der Waals surface area contributed by atoms with Gasteiger partial charge in [0, 0.05) is 16.5 Å². The van der Waals surface area contributed by atoms with Crippen LogP contribution in [0.5, 0.6) is 0 Å². The molecule has 0 fully saturated rings. The molecule has 7 nitrogen and oxygen atoms in total. The number of hydrogen-bond acceptors (Lipinski definition) is 5. The Labute approximate surface area is 164 Å². The molecular formula is C18H15ClN4O3S. The van der Waals surface area contributed by atoms with E-state index in [0.29, 0.717) is 16.5 Å². The van der Waals surface area contributed by atoms with Crippen molar-refractivity contribution in [2.45, 2.75) is 6.54 Å². The molecule has 2 aromatic carbocycles. The van der Waals surface area contributed by atoms with E-state index in [2.05, 4.69) is 10.4 Å². The number of nitrogens with zero attached hydrogens (tertiary/aromatic N) is 2. The average molecular weight is 403 g/mol. The number of hydrogen-bond donors (Lipinski definition) is 2. The van der Waals surface area contributed by atoms with Crippen molar-refractivity contribution in [1.29, 1.82) is 0 Å². The van der Waals surface area contributed by atoms with Crippen LogP contribution in [0.25, 0.3) is 0 Å². The van der Waals surface area contributed by atoms with Crippen molar-refractivity contribution in [3.05, 3.63) is 64.7 Å². The molecule has 0 aliphatic carbocycles. The number of hydrazone groups is 1. The zero-order valence-corrected chi connectivity index (χ0v) is 15.6. The predicted molar refractivity (Wildman–Crippen MR) is 106 cm³/mol. The molecule has 27 heavy (non-hydrogen) atoms. The number of thioether (sulfide) groups is 1. The molecule has 0 bridgehead atoms. The van der Waals surface area contributed by atoms with Crippen molar-refractivity contribution in [3.8, 4) is 0 Å². The van der Waals surface area contributed by atoms with E-state index in [9.17, 15) is 14.4 Å². The second kappa shape index (κ2) is 8.24. The number of nitrogens with one attached hydrogen (secondary N) is 1. The standard InChI is InChI=1S/C18H15ClN4O3S/c19-13-6-4-12(5-7-13)15-10-27-18(26)23(22-15)9-11-2-1-3-14(8-11)21-17(25)16(20)24/h1-8H,9-10H2,(H2,20,24)(H,21,25). The molecule has 9 heteroatoms. The lowest BCUT2D eigenvalue weighted by Crippen LogP contribution is -2.30. The van der Waals surface area contributed by atoms with Crippen molar-refractivity contribution in [2.75, 3.05) is 11.1 Å². The van der Waals surface area contributed by atoms with Crippen molar-refractivity contribution in [2.24, 2.45) is 10.8 Å². The van der Waals surface area contributed by atoms with Crippen LogP contribution in [-0.4, -0.2) is 33.5 Å². The summed E-state index contributed by atoms with van der Waals surface area (Å²) in [6.07, 6.45) is 0. The fraction of sp³-hybridized carbons (Fsp3) is 0.111. The lowest BCUT2D eigenvalue weighted by Gasteiger charge is -2.23. The summed E-state index contributed by atoms with van der Waals surface area (Å²) in [6, 6.07) is 14.0. The van der Waals surface area contributed by atoms with Crippen molar-refractivity contribution < 1.29 is 14.4 Å². The summed E-state index contributed by atoms with van der Waals surface area (Å²) in [4.78, 5) is 34.5. The van der Waals surface area contributed by atoms with Crippen molar-refractivity contribution in [3.63, 3.8) is 0 Å². The van der Waals surface area contributed by atoms with Gasteiger partial charge in [0.15, 0.2) is 0 Å². The minimum atomic E-state index is -1.07. The number of primary amides is 1. The van der Waals surface area contributed by atoms with Crippen LogP contribution >= 0.6 is 23.4 Å². The number of carbonyl (C=O) groups is 3. The Morgan fingerprint density at radius 1 is 1.22 bits per heavy atom. The Morgan fingerprint density at radius 3 is 2.67 bits per heavy atom. The van der Waals surface area contributed by atoms with Gasteiger partial charge in [0.25, 0.3) is 0 Å². The zero-order valence-electron chi connectivity index (χ0n) is 14.0. The van der Waals surface area contributed by atoms with Crippen molar-refractivity contribution >= 4 is 51.8 Å². The monoisotopic (exact) mass is 402 g/mol. The third-order valence-corrected chi connectivity index (χ3v) is 4.83. The molecule has 138 valence electrons. The highest BCUT2D eigenvalue weighted by molar-refractivity contribution is 8.14. The lowest BCUT2D eigenvalue weighted by molar-refractivity contribution is -0.134. The van der Waals surface area contributed by atoms with Gasteiger partial charge in [-0.15, -0.1) is 0 Å². The number of rotatable bonds is 4. The SMILES string of the molecule is NC(=O)C(=O)Nc1cccc(CN2N=C(c3ccc(Cl)cc3)CSC2=O)c1. The molecule has 3 amide bonds. The van der Waals surface area contributed by atoms with Crippen molar-refractivity contribution in [1.82, 2.24) is 5.01 Å². The highest BCUT2D eigenvalue weighted by atomic mass is 35.5. The normalized spacial score (nSPS) is 13.9. The lowest BCUT2D eigenvalue weighted by atomic mass is 10.1. The third kappa shape index (κ3) is 4.87. The number of halogens is 1. The Kier molecular flexibility index (Phi) is 5.78. The first-order valence-electron chi connectivity index (χ1n) is 7.90. The molecule has 0 unspecified atom stereocenters. The van der Waals surface area contributed by atoms with E-state index in [1.807, 2.05) is 12.1 Å². The van der Waals surface area contributed by atoms with Crippen LogP contribution in [0.1, 0.15) is 11.1 Å². The van der Waals surface area contributed by atoms with E-state index >= 15 is 0 Å². The van der Waals surface area contributed by atoms with Gasteiger partial charge in [-0.1, -0.05) is 47.6 Å². The van der Waals surface area contributed by atoms with Crippen LogP contribution in [0.2, 0.25) is 5.02 Å². The van der Waals surface area contributed by atoms with Crippen LogP contribution in [0.3, 0.4) is 0 Å². The molecule has 1 aliphatic heterocycles. The molecule has 2 aromatic rings. The van der Waals surface area contributed by atoms with Gasteiger partial charge in [0.05, 0.1) is 12.3 Å². The fourth-order valence-electron chi connectivity index (χ4n) is 2.42. The first kappa shape index (κ1) is 18.9. The van der Waals surface area contributed by atoms with Gasteiger partial charge in [-0.25, -0.2) is 5.01 Å². The number of carbonyl (C=O) groups excluding carboxylic acids is 3. The largest absolute Gasteiger partial charge is 0.361 e. The maximum Gasteiger partial charge on any atom is 0.313 e. The Bertz CT molecular complexity index is 930. The summed E-state index contributed by atoms with van der Waals surface area (Å²) in [6.45, 7) is 0.225. The maximum absolute atomic E-state index is 12.2. The van der Waals surface area contributed by atoms with Gasteiger partial charge in [-0.05, 0) is 35.4 Å². The third-order valence-electron chi connectivity index (χ3n) is 3.70. The molecule has 0 atom stereocenters. The Hall–Kier alpha value is -2.84. The minimum absolute atomic E-state index is 0.167. The summed E-state index contributed by atoms with van der Waals surface area (Å²) in [7, 11) is 0. The van der Waals surface area contributed by atoms with Gasteiger partial charge in [0.2, 0.25) is 0 Å². The number of anilines is 1. The topological polar surface area (TPSA) is 105 Å². The van der Waals surface area contributed by atoms with E-state index in [0.717, 1.165) is 28.6 Å². The second-order valence-corrected chi connectivity index (χ2v) is 7.05. The smallest absolute Gasteiger partial charge is 0.313 e. The minimum Gasteiger partial charge on any atom is -0.361 e. The molecule has 3 rings (SSSR count). The van der Waals surface area contributed by atoms with E-state index in [1.165, 1.54) is 5.01 Å². The molecule has 1 aliphatic rings. The van der Waals surface area contributed by atoms with Gasteiger partial charge in [0.1, 0.15) is 0 Å². The molecule has 0 aromatic heterocycles. The summed E-state index contributed by atoms with van der Waals surface area (Å²) in [5, 5.41) is 8.68. The zero-order chi connectivity index (χ0) is 19.4. The van der Waals surface area contributed by atoms with Gasteiger partial charge in [-0.3, -0.25) is 14.4 Å². The molecular weight excluding hydrogens is 388 g/mol. The van der Waals surface area contributed by atoms with Crippen LogP contribution in [0.15, 0.2) is 53.6 Å². The second-order valence-electron chi connectivity index (χ2n) is 5.68. The molecule has 1 heterocycles.